The van der Waals surface area contributed by atoms with Crippen molar-refractivity contribution in [3.05, 3.63) is 182 Å². The van der Waals surface area contributed by atoms with Crippen LogP contribution in [0.1, 0.15) is 284 Å². The molecule has 0 aromatic rings. The molecule has 0 heterocycles. The average molecular weight is 1160 g/mol. The Balaban J connectivity index is 3.63. The van der Waals surface area contributed by atoms with Crippen LogP contribution in [-0.4, -0.2) is 36.4 Å². The smallest absolute Gasteiger partial charge is 0.306 e. The van der Waals surface area contributed by atoms with Crippen LogP contribution >= 0.6 is 0 Å². The van der Waals surface area contributed by atoms with Crippen LogP contribution in [-0.2, 0) is 19.1 Å². The van der Waals surface area contributed by atoms with Crippen molar-refractivity contribution in [3.8, 4) is 0 Å². The van der Waals surface area contributed by atoms with Crippen LogP contribution in [0.25, 0.3) is 0 Å². The van der Waals surface area contributed by atoms with Gasteiger partial charge in [0.2, 0.25) is 0 Å². The van der Waals surface area contributed by atoms with Gasteiger partial charge >= 0.3 is 11.9 Å². The molecule has 84 heavy (non-hydrogen) atoms. The first kappa shape index (κ1) is 79.0. The van der Waals surface area contributed by atoms with Gasteiger partial charge in [-0.3, -0.25) is 9.59 Å². The lowest BCUT2D eigenvalue weighted by Gasteiger charge is -2.15. The van der Waals surface area contributed by atoms with E-state index in [4.69, 9.17) is 9.47 Å². The highest BCUT2D eigenvalue weighted by molar-refractivity contribution is 5.70. The first-order valence-corrected chi connectivity index (χ1v) is 34.3. The lowest BCUT2D eigenvalue weighted by atomic mass is 10.0. The van der Waals surface area contributed by atoms with E-state index in [0.29, 0.717) is 12.8 Å². The van der Waals surface area contributed by atoms with Crippen molar-refractivity contribution < 1.29 is 24.2 Å². The number of aliphatic hydroxyl groups excluding tert-OH is 1. The predicted octanol–water partition coefficient (Wildman–Crippen LogP) is 24.2. The van der Waals surface area contributed by atoms with Crippen LogP contribution in [0.3, 0.4) is 0 Å². The SMILES string of the molecule is CC/C=C\C/C=C\C/C=C\C/C=C\C/C=C\C/C=C\C/C=C\C/C=C\C/C=C\C/C=C\C/C=C\C/C=C\CCCCC(=O)OC(CO)COC(=O)CCCCCCCCCCCCCCCCCC/C=C\C/C=C\C/C=C\CCCCCCC. The molecule has 0 rings (SSSR count). The summed E-state index contributed by atoms with van der Waals surface area (Å²) in [4.78, 5) is 24.6. The number of unbranched alkanes of at least 4 members (excludes halogenated alkanes) is 23. The quantitative estimate of drug-likeness (QED) is 0.0373. The summed E-state index contributed by atoms with van der Waals surface area (Å²) in [5.74, 6) is -0.648. The highest BCUT2D eigenvalue weighted by Gasteiger charge is 2.16. The fourth-order valence-electron chi connectivity index (χ4n) is 9.07. The third kappa shape index (κ3) is 69.5. The molecular formula is C79H126O5. The normalized spacial score (nSPS) is 13.4. The molecule has 0 aromatic heterocycles. The summed E-state index contributed by atoms with van der Waals surface area (Å²) in [6.07, 6.45) is 113. The second-order valence-electron chi connectivity index (χ2n) is 22.2. The molecule has 1 N–H and O–H groups in total. The minimum atomic E-state index is -0.810. The maximum atomic E-state index is 12.3. The summed E-state index contributed by atoms with van der Waals surface area (Å²) in [7, 11) is 0. The molecule has 1 atom stereocenters. The van der Waals surface area contributed by atoms with Crippen molar-refractivity contribution in [2.24, 2.45) is 0 Å². The number of hydrogen-bond donors (Lipinski definition) is 1. The van der Waals surface area contributed by atoms with Gasteiger partial charge in [-0.1, -0.05) is 312 Å². The van der Waals surface area contributed by atoms with E-state index in [1.165, 1.54) is 128 Å². The number of carbonyl (C=O) groups is 2. The third-order valence-electron chi connectivity index (χ3n) is 14.2. The van der Waals surface area contributed by atoms with E-state index in [1.54, 1.807) is 0 Å². The monoisotopic (exact) mass is 1150 g/mol. The fourth-order valence-corrected chi connectivity index (χ4v) is 9.07. The molecule has 0 amide bonds. The topological polar surface area (TPSA) is 72.8 Å². The number of allylic oxidation sites excluding steroid dienone is 30. The number of hydrogen-bond acceptors (Lipinski definition) is 5. The Kier molecular flexibility index (Phi) is 68.0. The van der Waals surface area contributed by atoms with Gasteiger partial charge in [0.05, 0.1) is 6.61 Å². The van der Waals surface area contributed by atoms with Crippen LogP contribution in [0.4, 0.5) is 0 Å². The summed E-state index contributed by atoms with van der Waals surface area (Å²) in [5, 5.41) is 9.69. The summed E-state index contributed by atoms with van der Waals surface area (Å²) in [6, 6.07) is 0. The fraction of sp³-hybridized carbons (Fsp3) is 0.595. The van der Waals surface area contributed by atoms with Crippen molar-refractivity contribution >= 4 is 11.9 Å². The van der Waals surface area contributed by atoms with Gasteiger partial charge in [-0.05, 0) is 141 Å². The predicted molar refractivity (Wildman–Crippen MR) is 370 cm³/mol. The van der Waals surface area contributed by atoms with Crippen molar-refractivity contribution in [1.29, 1.82) is 0 Å². The zero-order valence-electron chi connectivity index (χ0n) is 54.1. The van der Waals surface area contributed by atoms with Gasteiger partial charge in [0.25, 0.3) is 0 Å². The molecule has 472 valence electrons. The van der Waals surface area contributed by atoms with Gasteiger partial charge in [0, 0.05) is 12.8 Å². The molecule has 5 nitrogen and oxygen atoms in total. The Morgan fingerprint density at radius 2 is 0.512 bits per heavy atom. The van der Waals surface area contributed by atoms with E-state index in [1.807, 2.05) is 0 Å². The molecule has 1 unspecified atom stereocenters. The minimum Gasteiger partial charge on any atom is -0.462 e. The second kappa shape index (κ2) is 72.3. The molecule has 0 aliphatic carbocycles. The van der Waals surface area contributed by atoms with E-state index >= 15 is 0 Å². The zero-order valence-corrected chi connectivity index (χ0v) is 54.1. The number of esters is 2. The molecule has 0 saturated heterocycles. The second-order valence-corrected chi connectivity index (χ2v) is 22.2. The molecular weight excluding hydrogens is 1030 g/mol. The largest absolute Gasteiger partial charge is 0.462 e. The van der Waals surface area contributed by atoms with Crippen LogP contribution in [0, 0.1) is 0 Å². The highest BCUT2D eigenvalue weighted by Crippen LogP contribution is 2.16. The third-order valence-corrected chi connectivity index (χ3v) is 14.2. The van der Waals surface area contributed by atoms with Crippen LogP contribution in [0.5, 0.6) is 0 Å². The average Bonchev–Trinajstić information content (AvgIpc) is 3.51. The molecule has 0 fully saturated rings. The van der Waals surface area contributed by atoms with Gasteiger partial charge in [0.1, 0.15) is 6.61 Å². The summed E-state index contributed by atoms with van der Waals surface area (Å²) < 4.78 is 10.7. The minimum absolute atomic E-state index is 0.0937. The Labute approximate surface area is 518 Å². The van der Waals surface area contributed by atoms with Crippen LogP contribution in [0.2, 0.25) is 0 Å². The van der Waals surface area contributed by atoms with Gasteiger partial charge in [-0.2, -0.15) is 0 Å². The van der Waals surface area contributed by atoms with E-state index < -0.39 is 6.10 Å². The molecule has 0 saturated carbocycles. The molecule has 0 aliphatic rings. The molecule has 0 radical (unpaired) electrons. The number of ether oxygens (including phenoxy) is 2. The van der Waals surface area contributed by atoms with Gasteiger partial charge in [0.15, 0.2) is 6.10 Å². The van der Waals surface area contributed by atoms with Gasteiger partial charge in [-0.15, -0.1) is 0 Å². The molecule has 0 bridgehead atoms. The van der Waals surface area contributed by atoms with E-state index in [0.717, 1.165) is 122 Å². The van der Waals surface area contributed by atoms with E-state index in [9.17, 15) is 14.7 Å². The summed E-state index contributed by atoms with van der Waals surface area (Å²) >= 11 is 0. The van der Waals surface area contributed by atoms with Crippen LogP contribution in [0.15, 0.2) is 182 Å². The van der Waals surface area contributed by atoms with Gasteiger partial charge in [-0.25, -0.2) is 0 Å². The van der Waals surface area contributed by atoms with Crippen molar-refractivity contribution in [2.45, 2.75) is 290 Å². The standard InChI is InChI=1S/C79H126O5/c1-3-5-7-9-11-13-15-17-19-21-23-25-27-29-31-33-35-36-37-38-39-40-41-42-44-46-48-50-52-54-56-58-60-62-64-66-68-70-72-74-79(82)84-77(75-80)76-83-78(81)73-71-69-67-65-63-61-59-57-55-53-51-49-47-45-43-34-32-30-28-26-24-22-20-18-16-14-12-10-8-6-4-2/h5,7,11,13,16-19,22-25,28-31,35-36,38-39,41-42,46,48,52,54,58,60,64,66,77,80H,3-4,6,8-10,12,14-15,20-21,26-27,32-34,37,40,43-45,47,49-51,53,55-57,59,61-63,65,67-76H2,1-2H3/b7-5-,13-11-,18-16-,19-17-,24-22-,25-23-,30-28-,31-29-,36-35-,39-38-,42-41-,48-46-,54-52-,60-58-,66-64-. The van der Waals surface area contributed by atoms with Gasteiger partial charge < -0.3 is 14.6 Å². The number of carbonyl (C=O) groups excluding carboxylic acids is 2. The van der Waals surface area contributed by atoms with Crippen molar-refractivity contribution in [3.63, 3.8) is 0 Å². The van der Waals surface area contributed by atoms with E-state index in [2.05, 4.69) is 196 Å². The molecule has 5 heteroatoms. The first-order valence-electron chi connectivity index (χ1n) is 34.3. The number of aliphatic hydroxyl groups is 1. The van der Waals surface area contributed by atoms with E-state index in [-0.39, 0.29) is 31.6 Å². The van der Waals surface area contributed by atoms with Crippen LogP contribution < -0.4 is 0 Å². The Bertz CT molecular complexity index is 1890. The summed E-state index contributed by atoms with van der Waals surface area (Å²) in [6.45, 7) is 3.98. The first-order chi connectivity index (χ1) is 41.6. The molecule has 0 aliphatic heterocycles. The Morgan fingerprint density at radius 1 is 0.286 bits per heavy atom. The Morgan fingerprint density at radius 3 is 0.798 bits per heavy atom. The van der Waals surface area contributed by atoms with Crippen molar-refractivity contribution in [2.75, 3.05) is 13.2 Å². The zero-order chi connectivity index (χ0) is 60.5. The maximum absolute atomic E-state index is 12.3. The number of rotatable bonds is 61. The lowest BCUT2D eigenvalue weighted by Crippen LogP contribution is -2.28. The Hall–Kier alpha value is -5.00. The molecule has 0 spiro atoms. The van der Waals surface area contributed by atoms with Crippen molar-refractivity contribution in [1.82, 2.24) is 0 Å². The summed E-state index contributed by atoms with van der Waals surface area (Å²) in [5.41, 5.74) is 0. The molecule has 0 aromatic carbocycles. The maximum Gasteiger partial charge on any atom is 0.306 e. The highest BCUT2D eigenvalue weighted by atomic mass is 16.6. The lowest BCUT2D eigenvalue weighted by molar-refractivity contribution is -0.161.